The highest BCUT2D eigenvalue weighted by Gasteiger charge is 2.31. The van der Waals surface area contributed by atoms with Crippen molar-refractivity contribution in [2.24, 2.45) is 5.92 Å². The predicted molar refractivity (Wildman–Crippen MR) is 128 cm³/mol. The molecule has 7 heteroatoms. The summed E-state index contributed by atoms with van der Waals surface area (Å²) in [6, 6.07) is 7.70. The van der Waals surface area contributed by atoms with Gasteiger partial charge in [-0.2, -0.15) is 0 Å². The first-order chi connectivity index (χ1) is 15.1. The van der Waals surface area contributed by atoms with Crippen molar-refractivity contribution in [1.82, 2.24) is 10.3 Å². The topological polar surface area (TPSA) is 80.4 Å². The number of carbonyl (C=O) groups is 1. The Morgan fingerprint density at radius 3 is 2.62 bits per heavy atom. The molecule has 174 valence electrons. The van der Waals surface area contributed by atoms with Crippen LogP contribution in [-0.4, -0.2) is 31.5 Å². The molecule has 1 unspecified atom stereocenters. The molecule has 0 radical (unpaired) electrons. The molecule has 0 aliphatic heterocycles. The van der Waals surface area contributed by atoms with Crippen LogP contribution in [0.4, 0.5) is 0 Å². The molecule has 6 nitrogen and oxygen atoms in total. The number of hydrogen-bond acceptors (Lipinski definition) is 5. The number of aryl methyl sites for hydroxylation is 1. The number of nitrogens with one attached hydrogen (secondary N) is 2. The molecule has 2 aliphatic carbocycles. The van der Waals surface area contributed by atoms with E-state index in [0.29, 0.717) is 17.5 Å². The normalized spacial score (nSPS) is 19.1. The largest absolute Gasteiger partial charge is 0.493 e. The number of carbonyl (C=O) groups excluding carboxylic acids is 1. The molecule has 4 rings (SSSR count). The van der Waals surface area contributed by atoms with Gasteiger partial charge in [0.1, 0.15) is 0 Å². The van der Waals surface area contributed by atoms with Crippen molar-refractivity contribution in [3.63, 3.8) is 0 Å². The summed E-state index contributed by atoms with van der Waals surface area (Å²) in [5.41, 5.74) is 4.18. The van der Waals surface area contributed by atoms with Gasteiger partial charge in [0.2, 0.25) is 5.56 Å². The van der Waals surface area contributed by atoms with Gasteiger partial charge in [0.05, 0.1) is 14.2 Å². The molecule has 0 saturated carbocycles. The van der Waals surface area contributed by atoms with Crippen LogP contribution in [0.2, 0.25) is 0 Å². The molecule has 32 heavy (non-hydrogen) atoms. The lowest BCUT2D eigenvalue weighted by Crippen LogP contribution is -2.28. The summed E-state index contributed by atoms with van der Waals surface area (Å²) in [4.78, 5) is 27.3. The highest BCUT2D eigenvalue weighted by Crippen LogP contribution is 2.38. The van der Waals surface area contributed by atoms with Crippen LogP contribution in [0.15, 0.2) is 29.1 Å². The molecule has 0 bridgehead atoms. The average Bonchev–Trinajstić information content (AvgIpc) is 3.09. The molecule has 2 N–H and O–H groups in total. The van der Waals surface area contributed by atoms with E-state index in [2.05, 4.69) is 10.3 Å². The monoisotopic (exact) mass is 460 g/mol. The number of benzene rings is 1. The van der Waals surface area contributed by atoms with Gasteiger partial charge in [-0.1, -0.05) is 18.9 Å². The molecule has 1 aromatic heterocycles. The van der Waals surface area contributed by atoms with Crippen molar-refractivity contribution in [3.05, 3.63) is 57.0 Å². The zero-order chi connectivity index (χ0) is 21.8. The van der Waals surface area contributed by atoms with Crippen LogP contribution in [0, 0.1) is 5.92 Å². The summed E-state index contributed by atoms with van der Waals surface area (Å²) >= 11 is 0. The van der Waals surface area contributed by atoms with Gasteiger partial charge in [-0.15, -0.1) is 12.4 Å². The van der Waals surface area contributed by atoms with Crippen LogP contribution >= 0.6 is 12.4 Å². The maximum atomic E-state index is 12.8. The molecular formula is C25H33ClN2O4. The van der Waals surface area contributed by atoms with Crippen LogP contribution in [0.25, 0.3) is 0 Å². The zero-order valence-electron chi connectivity index (χ0n) is 18.9. The second kappa shape index (κ2) is 11.0. The Balaban J connectivity index is 0.00000289. The summed E-state index contributed by atoms with van der Waals surface area (Å²) in [6.45, 7) is 0.955. The molecular weight excluding hydrogens is 428 g/mol. The van der Waals surface area contributed by atoms with E-state index in [9.17, 15) is 9.59 Å². The van der Waals surface area contributed by atoms with Gasteiger partial charge in [-0.05, 0) is 68.3 Å². The van der Waals surface area contributed by atoms with E-state index >= 15 is 0 Å². The van der Waals surface area contributed by atoms with Crippen LogP contribution in [0.1, 0.15) is 71.7 Å². The Morgan fingerprint density at radius 2 is 1.84 bits per heavy atom. The molecule has 0 amide bonds. The SMILES string of the molecule is COc1cc2c(cc1OC)C(=O)C(CCCCCN[C@H]1CCCc3[nH]c(=O)ccc31)C2.Cl. The van der Waals surface area contributed by atoms with Gasteiger partial charge in [0, 0.05) is 29.3 Å². The number of halogens is 1. The number of H-pyrrole nitrogens is 1. The average molecular weight is 461 g/mol. The van der Waals surface area contributed by atoms with Crippen LogP contribution in [0.5, 0.6) is 11.5 Å². The molecule has 0 fully saturated rings. The van der Waals surface area contributed by atoms with Gasteiger partial charge in [0.15, 0.2) is 17.3 Å². The molecule has 2 aliphatic rings. The third-order valence-electron chi connectivity index (χ3n) is 6.66. The Kier molecular flexibility index (Phi) is 8.38. The van der Waals surface area contributed by atoms with Crippen LogP contribution in [0.3, 0.4) is 0 Å². The van der Waals surface area contributed by atoms with Crippen molar-refractivity contribution < 1.29 is 14.3 Å². The lowest BCUT2D eigenvalue weighted by atomic mass is 9.91. The number of hydrogen-bond donors (Lipinski definition) is 2. The standard InChI is InChI=1S/C25H32N2O4.ClH/c1-30-22-14-17-13-16(25(29)19(17)15-23(22)31-2)7-4-3-5-12-26-20-8-6-9-21-18(20)10-11-24(28)27-21;/h10-11,14-16,20,26H,3-9,12-13H2,1-2H3,(H,27,28);1H/t16?,20-;/m0./s1. The first-order valence-corrected chi connectivity index (χ1v) is 11.3. The maximum Gasteiger partial charge on any atom is 0.248 e. The van der Waals surface area contributed by atoms with E-state index in [0.717, 1.165) is 74.7 Å². The fraction of sp³-hybridized carbons (Fsp3) is 0.520. The van der Waals surface area contributed by atoms with E-state index in [1.165, 1.54) is 5.56 Å². The van der Waals surface area contributed by atoms with E-state index in [1.54, 1.807) is 20.3 Å². The van der Waals surface area contributed by atoms with Gasteiger partial charge in [-0.25, -0.2) is 0 Å². The summed E-state index contributed by atoms with van der Waals surface area (Å²) in [5.74, 6) is 1.62. The molecule has 0 saturated heterocycles. The van der Waals surface area contributed by atoms with Crippen molar-refractivity contribution in [2.45, 2.75) is 57.4 Å². The van der Waals surface area contributed by atoms with Gasteiger partial charge in [-0.3, -0.25) is 9.59 Å². The fourth-order valence-corrected chi connectivity index (χ4v) is 5.01. The Morgan fingerprint density at radius 1 is 1.06 bits per heavy atom. The van der Waals surface area contributed by atoms with E-state index in [1.807, 2.05) is 18.2 Å². The molecule has 2 aromatic rings. The van der Waals surface area contributed by atoms with Gasteiger partial charge >= 0.3 is 0 Å². The van der Waals surface area contributed by atoms with E-state index in [4.69, 9.17) is 9.47 Å². The van der Waals surface area contributed by atoms with Crippen LogP contribution in [-0.2, 0) is 12.8 Å². The minimum absolute atomic E-state index is 0. The Labute approximate surface area is 195 Å². The minimum Gasteiger partial charge on any atom is -0.493 e. The third-order valence-corrected chi connectivity index (χ3v) is 6.66. The quantitative estimate of drug-likeness (QED) is 0.542. The number of ether oxygens (including phenoxy) is 2. The second-order valence-electron chi connectivity index (χ2n) is 8.63. The predicted octanol–water partition coefficient (Wildman–Crippen LogP) is 4.40. The number of unbranched alkanes of at least 4 members (excludes halogenated alkanes) is 2. The summed E-state index contributed by atoms with van der Waals surface area (Å²) in [6.07, 6.45) is 8.13. The van der Waals surface area contributed by atoms with Crippen LogP contribution < -0.4 is 20.3 Å². The van der Waals surface area contributed by atoms with Gasteiger partial charge < -0.3 is 19.8 Å². The lowest BCUT2D eigenvalue weighted by Gasteiger charge is -2.26. The number of methoxy groups -OCH3 is 2. The number of aromatic nitrogens is 1. The number of fused-ring (bicyclic) bond motifs is 2. The fourth-order valence-electron chi connectivity index (χ4n) is 5.01. The summed E-state index contributed by atoms with van der Waals surface area (Å²) < 4.78 is 10.7. The second-order valence-corrected chi connectivity index (χ2v) is 8.63. The molecule has 1 heterocycles. The molecule has 2 atom stereocenters. The first kappa shape index (κ1) is 24.3. The Hall–Kier alpha value is -2.31. The minimum atomic E-state index is -0.0140. The number of pyridine rings is 1. The third kappa shape index (κ3) is 5.18. The highest BCUT2D eigenvalue weighted by atomic mass is 35.5. The van der Waals surface area contributed by atoms with Crippen molar-refractivity contribution in [3.8, 4) is 11.5 Å². The number of Topliss-reactive ketones (excluding diaryl/α,β-unsaturated/α-hetero) is 1. The van der Waals surface area contributed by atoms with E-state index in [-0.39, 0.29) is 29.7 Å². The maximum absolute atomic E-state index is 12.8. The van der Waals surface area contributed by atoms with E-state index < -0.39 is 0 Å². The van der Waals surface area contributed by atoms with Crippen molar-refractivity contribution in [1.29, 1.82) is 0 Å². The Bertz CT molecular complexity index is 1000. The smallest absolute Gasteiger partial charge is 0.248 e. The summed E-state index contributed by atoms with van der Waals surface area (Å²) in [7, 11) is 3.22. The first-order valence-electron chi connectivity index (χ1n) is 11.3. The van der Waals surface area contributed by atoms with Crippen molar-refractivity contribution >= 4 is 18.2 Å². The highest BCUT2D eigenvalue weighted by molar-refractivity contribution is 6.02. The number of rotatable bonds is 9. The zero-order valence-corrected chi connectivity index (χ0v) is 19.7. The molecule has 0 spiro atoms. The number of ketones is 1. The summed E-state index contributed by atoms with van der Waals surface area (Å²) in [5, 5.41) is 3.66. The van der Waals surface area contributed by atoms with Crippen molar-refractivity contribution in [2.75, 3.05) is 20.8 Å². The number of aromatic amines is 1. The lowest BCUT2D eigenvalue weighted by molar-refractivity contribution is 0.0929. The van der Waals surface area contributed by atoms with Gasteiger partial charge in [0.25, 0.3) is 0 Å². The molecule has 1 aromatic carbocycles.